The van der Waals surface area contributed by atoms with E-state index in [-0.39, 0.29) is 5.91 Å². The maximum Gasteiger partial charge on any atom is 0.223 e. The van der Waals surface area contributed by atoms with E-state index in [4.69, 9.17) is 5.73 Å². The third kappa shape index (κ3) is 6.07. The Kier molecular flexibility index (Phi) is 7.64. The van der Waals surface area contributed by atoms with Crippen molar-refractivity contribution >= 4 is 5.91 Å². The third-order valence-electron chi connectivity index (χ3n) is 2.31. The topological polar surface area (TPSA) is 46.3 Å². The SMILES string of the molecule is C=CCN(CC=C)C(=O)CCC(C)CN. The van der Waals surface area contributed by atoms with Gasteiger partial charge in [0.1, 0.15) is 0 Å². The van der Waals surface area contributed by atoms with Crippen LogP contribution in [0.4, 0.5) is 0 Å². The molecular formula is C12H22N2O. The van der Waals surface area contributed by atoms with E-state index in [1.165, 1.54) is 0 Å². The highest BCUT2D eigenvalue weighted by Gasteiger charge is 2.11. The van der Waals surface area contributed by atoms with Crippen LogP contribution in [0.3, 0.4) is 0 Å². The Morgan fingerprint density at radius 3 is 2.33 bits per heavy atom. The van der Waals surface area contributed by atoms with Gasteiger partial charge in [-0.1, -0.05) is 19.1 Å². The molecule has 0 aromatic heterocycles. The lowest BCUT2D eigenvalue weighted by Gasteiger charge is -2.20. The van der Waals surface area contributed by atoms with Gasteiger partial charge in [-0.25, -0.2) is 0 Å². The smallest absolute Gasteiger partial charge is 0.223 e. The maximum absolute atomic E-state index is 11.7. The van der Waals surface area contributed by atoms with Crippen molar-refractivity contribution in [3.05, 3.63) is 25.3 Å². The molecule has 0 rings (SSSR count). The molecule has 0 aromatic carbocycles. The van der Waals surface area contributed by atoms with E-state index in [0.29, 0.717) is 32.0 Å². The summed E-state index contributed by atoms with van der Waals surface area (Å²) in [5, 5.41) is 0. The van der Waals surface area contributed by atoms with Crippen molar-refractivity contribution in [3.8, 4) is 0 Å². The summed E-state index contributed by atoms with van der Waals surface area (Å²) in [4.78, 5) is 13.5. The molecule has 1 amide bonds. The van der Waals surface area contributed by atoms with Crippen LogP contribution in [0.5, 0.6) is 0 Å². The molecule has 0 saturated heterocycles. The molecule has 0 aliphatic rings. The molecule has 0 saturated carbocycles. The number of rotatable bonds is 8. The molecule has 0 aliphatic carbocycles. The summed E-state index contributed by atoms with van der Waals surface area (Å²) in [6.07, 6.45) is 4.86. The Labute approximate surface area is 92.6 Å². The van der Waals surface area contributed by atoms with Crippen LogP contribution in [-0.2, 0) is 4.79 Å². The van der Waals surface area contributed by atoms with Crippen molar-refractivity contribution in [3.63, 3.8) is 0 Å². The van der Waals surface area contributed by atoms with Gasteiger partial charge in [0.15, 0.2) is 0 Å². The predicted molar refractivity (Wildman–Crippen MR) is 64.4 cm³/mol. The molecule has 1 atom stereocenters. The van der Waals surface area contributed by atoms with E-state index in [9.17, 15) is 4.79 Å². The van der Waals surface area contributed by atoms with Gasteiger partial charge in [0.05, 0.1) is 0 Å². The van der Waals surface area contributed by atoms with Gasteiger partial charge >= 0.3 is 0 Å². The van der Waals surface area contributed by atoms with Gasteiger partial charge < -0.3 is 10.6 Å². The van der Waals surface area contributed by atoms with E-state index < -0.39 is 0 Å². The van der Waals surface area contributed by atoms with Crippen LogP contribution in [0.15, 0.2) is 25.3 Å². The molecule has 0 aromatic rings. The van der Waals surface area contributed by atoms with Crippen LogP contribution in [-0.4, -0.2) is 30.4 Å². The highest BCUT2D eigenvalue weighted by atomic mass is 16.2. The van der Waals surface area contributed by atoms with Crippen molar-refractivity contribution < 1.29 is 4.79 Å². The fraction of sp³-hybridized carbons (Fsp3) is 0.583. The highest BCUT2D eigenvalue weighted by molar-refractivity contribution is 5.76. The largest absolute Gasteiger partial charge is 0.335 e. The molecule has 86 valence electrons. The summed E-state index contributed by atoms with van der Waals surface area (Å²) in [7, 11) is 0. The van der Waals surface area contributed by atoms with Gasteiger partial charge in [-0.05, 0) is 18.9 Å². The minimum Gasteiger partial charge on any atom is -0.335 e. The van der Waals surface area contributed by atoms with Gasteiger partial charge in [-0.3, -0.25) is 4.79 Å². The van der Waals surface area contributed by atoms with Crippen molar-refractivity contribution in [2.75, 3.05) is 19.6 Å². The zero-order valence-electron chi connectivity index (χ0n) is 9.61. The number of hydrogen-bond acceptors (Lipinski definition) is 2. The standard InChI is InChI=1S/C12H22N2O/c1-4-8-14(9-5-2)12(15)7-6-11(3)10-13/h4-5,11H,1-2,6-10,13H2,3H3. The van der Waals surface area contributed by atoms with E-state index in [1.54, 1.807) is 17.1 Å². The summed E-state index contributed by atoms with van der Waals surface area (Å²) >= 11 is 0. The summed E-state index contributed by atoms with van der Waals surface area (Å²) in [5.74, 6) is 0.554. The first kappa shape index (κ1) is 13.9. The van der Waals surface area contributed by atoms with E-state index in [2.05, 4.69) is 20.1 Å². The molecule has 0 aliphatic heterocycles. The summed E-state index contributed by atoms with van der Waals surface area (Å²) in [6.45, 7) is 11.1. The molecule has 0 radical (unpaired) electrons. The number of amides is 1. The van der Waals surface area contributed by atoms with E-state index in [1.807, 2.05) is 0 Å². The number of nitrogens with zero attached hydrogens (tertiary/aromatic N) is 1. The maximum atomic E-state index is 11.7. The first-order valence-corrected chi connectivity index (χ1v) is 5.35. The Balaban J connectivity index is 4.01. The van der Waals surface area contributed by atoms with E-state index in [0.717, 1.165) is 6.42 Å². The third-order valence-corrected chi connectivity index (χ3v) is 2.31. The second-order valence-electron chi connectivity index (χ2n) is 3.76. The van der Waals surface area contributed by atoms with E-state index >= 15 is 0 Å². The van der Waals surface area contributed by atoms with Crippen molar-refractivity contribution in [2.45, 2.75) is 19.8 Å². The summed E-state index contributed by atoms with van der Waals surface area (Å²) in [5.41, 5.74) is 5.49. The van der Waals surface area contributed by atoms with Crippen molar-refractivity contribution in [1.82, 2.24) is 4.90 Å². The van der Waals surface area contributed by atoms with Crippen molar-refractivity contribution in [1.29, 1.82) is 0 Å². The second kappa shape index (κ2) is 8.24. The molecule has 3 heteroatoms. The Hall–Kier alpha value is -1.09. The zero-order valence-corrected chi connectivity index (χ0v) is 9.61. The number of hydrogen-bond donors (Lipinski definition) is 1. The molecule has 2 N–H and O–H groups in total. The lowest BCUT2D eigenvalue weighted by Crippen LogP contribution is -2.31. The van der Waals surface area contributed by atoms with Gasteiger partial charge in [0, 0.05) is 19.5 Å². The number of nitrogens with two attached hydrogens (primary N) is 1. The average Bonchev–Trinajstić information content (AvgIpc) is 2.25. The van der Waals surface area contributed by atoms with Crippen LogP contribution in [0.1, 0.15) is 19.8 Å². The molecule has 0 spiro atoms. The number of carbonyl (C=O) groups is 1. The quantitative estimate of drug-likeness (QED) is 0.618. The number of carbonyl (C=O) groups excluding carboxylic acids is 1. The monoisotopic (exact) mass is 210 g/mol. The first-order valence-electron chi connectivity index (χ1n) is 5.35. The van der Waals surface area contributed by atoms with Gasteiger partial charge in [-0.2, -0.15) is 0 Å². The minimum absolute atomic E-state index is 0.148. The van der Waals surface area contributed by atoms with Gasteiger partial charge in [0.2, 0.25) is 5.91 Å². The molecule has 1 unspecified atom stereocenters. The molecule has 0 bridgehead atoms. The molecule has 0 heterocycles. The van der Waals surface area contributed by atoms with Crippen LogP contribution in [0.2, 0.25) is 0 Å². The fourth-order valence-corrected chi connectivity index (χ4v) is 1.24. The average molecular weight is 210 g/mol. The molecule has 3 nitrogen and oxygen atoms in total. The first-order chi connectivity index (χ1) is 7.15. The van der Waals surface area contributed by atoms with Crippen LogP contribution < -0.4 is 5.73 Å². The zero-order chi connectivity index (χ0) is 11.7. The summed E-state index contributed by atoms with van der Waals surface area (Å²) in [6, 6.07) is 0. The molecule has 0 fully saturated rings. The Morgan fingerprint density at radius 1 is 1.40 bits per heavy atom. The lowest BCUT2D eigenvalue weighted by molar-refractivity contribution is -0.130. The lowest BCUT2D eigenvalue weighted by atomic mass is 10.1. The minimum atomic E-state index is 0.148. The van der Waals surface area contributed by atoms with Gasteiger partial charge in [0.25, 0.3) is 0 Å². The fourth-order valence-electron chi connectivity index (χ4n) is 1.24. The normalized spacial score (nSPS) is 11.9. The molecule has 15 heavy (non-hydrogen) atoms. The van der Waals surface area contributed by atoms with Gasteiger partial charge in [-0.15, -0.1) is 13.2 Å². The summed E-state index contributed by atoms with van der Waals surface area (Å²) < 4.78 is 0. The predicted octanol–water partition coefficient (Wildman–Crippen LogP) is 1.56. The van der Waals surface area contributed by atoms with Crippen molar-refractivity contribution in [2.24, 2.45) is 11.7 Å². The second-order valence-corrected chi connectivity index (χ2v) is 3.76. The Bertz CT molecular complexity index is 204. The molecular weight excluding hydrogens is 188 g/mol. The Morgan fingerprint density at radius 2 is 1.93 bits per heavy atom. The van der Waals surface area contributed by atoms with Crippen LogP contribution in [0.25, 0.3) is 0 Å². The van der Waals surface area contributed by atoms with Crippen LogP contribution >= 0.6 is 0 Å². The van der Waals surface area contributed by atoms with Crippen LogP contribution in [0, 0.1) is 5.92 Å². The highest BCUT2D eigenvalue weighted by Crippen LogP contribution is 2.06.